The van der Waals surface area contributed by atoms with Crippen molar-refractivity contribution in [3.8, 4) is 11.5 Å². The molecule has 0 aliphatic heterocycles. The zero-order valence-electron chi connectivity index (χ0n) is 18.5. The van der Waals surface area contributed by atoms with Gasteiger partial charge in [0, 0.05) is 11.8 Å². The second kappa shape index (κ2) is 10.7. The highest BCUT2D eigenvalue weighted by Crippen LogP contribution is 2.27. The molecule has 0 unspecified atom stereocenters. The van der Waals surface area contributed by atoms with Gasteiger partial charge in [0.25, 0.3) is 10.0 Å². The number of hydrogen-bond acceptors (Lipinski definition) is 5. The van der Waals surface area contributed by atoms with E-state index in [2.05, 4.69) is 11.9 Å². The second-order valence-corrected chi connectivity index (χ2v) is 9.02. The van der Waals surface area contributed by atoms with Gasteiger partial charge in [-0.2, -0.15) is 0 Å². The van der Waals surface area contributed by atoms with E-state index < -0.39 is 22.5 Å². The zero-order chi connectivity index (χ0) is 23.8. The molecule has 33 heavy (non-hydrogen) atoms. The summed E-state index contributed by atoms with van der Waals surface area (Å²) in [6.45, 7) is 5.29. The Morgan fingerprint density at radius 1 is 1.06 bits per heavy atom. The number of methoxy groups -OCH3 is 1. The van der Waals surface area contributed by atoms with Crippen LogP contribution in [0.5, 0.6) is 11.5 Å². The standard InChI is InChI=1S/C25H26N2O5S/c1-4-15-32-22-12-8-9-20(17-22)26-25(28)18-27(21-10-6-5-7-11-21)33(29,30)23-13-14-24(31-3)19(2)16-23/h4-14,16-17H,1,15,18H2,2-3H3,(H,26,28). The van der Waals surface area contributed by atoms with Gasteiger partial charge in [-0.15, -0.1) is 0 Å². The fraction of sp³-hybridized carbons (Fsp3) is 0.160. The number of nitrogens with zero attached hydrogens (tertiary/aromatic N) is 1. The molecule has 3 rings (SSSR count). The number of aryl methyl sites for hydroxylation is 1. The van der Waals surface area contributed by atoms with Gasteiger partial charge in [0.05, 0.1) is 17.7 Å². The Morgan fingerprint density at radius 2 is 1.82 bits per heavy atom. The van der Waals surface area contributed by atoms with Crippen LogP contribution >= 0.6 is 0 Å². The summed E-state index contributed by atoms with van der Waals surface area (Å²) in [5, 5.41) is 2.74. The van der Waals surface area contributed by atoms with Crippen LogP contribution in [0.3, 0.4) is 0 Å². The summed E-state index contributed by atoms with van der Waals surface area (Å²) in [6.07, 6.45) is 1.62. The number of sulfonamides is 1. The molecule has 172 valence electrons. The molecule has 3 aromatic rings. The van der Waals surface area contributed by atoms with Crippen molar-refractivity contribution in [2.75, 3.05) is 29.9 Å². The third-order valence-corrected chi connectivity index (χ3v) is 6.54. The minimum atomic E-state index is -4.03. The molecule has 0 heterocycles. The number of rotatable bonds is 10. The van der Waals surface area contributed by atoms with Crippen molar-refractivity contribution in [2.24, 2.45) is 0 Å². The van der Waals surface area contributed by atoms with Gasteiger partial charge in [-0.05, 0) is 55.0 Å². The largest absolute Gasteiger partial charge is 0.496 e. The number of hydrogen-bond donors (Lipinski definition) is 1. The van der Waals surface area contributed by atoms with E-state index in [1.54, 1.807) is 73.7 Å². The summed E-state index contributed by atoms with van der Waals surface area (Å²) in [5.74, 6) is 0.652. The third kappa shape index (κ3) is 5.93. The molecule has 0 saturated heterocycles. The summed E-state index contributed by atoms with van der Waals surface area (Å²) < 4.78 is 38.8. The van der Waals surface area contributed by atoms with Gasteiger partial charge < -0.3 is 14.8 Å². The van der Waals surface area contributed by atoms with E-state index in [9.17, 15) is 13.2 Å². The van der Waals surface area contributed by atoms with E-state index in [0.717, 1.165) is 4.31 Å². The van der Waals surface area contributed by atoms with Crippen molar-refractivity contribution in [3.63, 3.8) is 0 Å². The number of para-hydroxylation sites is 1. The molecular formula is C25H26N2O5S. The van der Waals surface area contributed by atoms with Gasteiger partial charge in [0.2, 0.25) is 5.91 Å². The predicted octanol–water partition coefficient (Wildman–Crippen LogP) is 4.40. The Kier molecular flexibility index (Phi) is 7.74. The molecule has 0 fully saturated rings. The maximum atomic E-state index is 13.5. The Morgan fingerprint density at radius 3 is 2.48 bits per heavy atom. The van der Waals surface area contributed by atoms with Gasteiger partial charge >= 0.3 is 0 Å². The van der Waals surface area contributed by atoms with Crippen molar-refractivity contribution in [3.05, 3.63) is 91.0 Å². The molecule has 0 aliphatic carbocycles. The second-order valence-electron chi connectivity index (χ2n) is 7.15. The van der Waals surface area contributed by atoms with Gasteiger partial charge in [-0.25, -0.2) is 8.42 Å². The lowest BCUT2D eigenvalue weighted by atomic mass is 10.2. The molecule has 0 radical (unpaired) electrons. The minimum Gasteiger partial charge on any atom is -0.496 e. The lowest BCUT2D eigenvalue weighted by molar-refractivity contribution is -0.114. The maximum absolute atomic E-state index is 13.5. The molecule has 7 nitrogen and oxygen atoms in total. The number of anilines is 2. The summed E-state index contributed by atoms with van der Waals surface area (Å²) in [6, 6.07) is 20.0. The average molecular weight is 467 g/mol. The third-order valence-electron chi connectivity index (χ3n) is 4.77. The lowest BCUT2D eigenvalue weighted by Gasteiger charge is -2.24. The quantitative estimate of drug-likeness (QED) is 0.448. The smallest absolute Gasteiger partial charge is 0.264 e. The Bertz CT molecular complexity index is 1230. The fourth-order valence-corrected chi connectivity index (χ4v) is 4.70. The first kappa shape index (κ1) is 23.9. The molecule has 1 amide bonds. The Labute approximate surface area is 194 Å². The van der Waals surface area contributed by atoms with E-state index in [0.29, 0.717) is 35.0 Å². The average Bonchev–Trinajstić information content (AvgIpc) is 2.82. The zero-order valence-corrected chi connectivity index (χ0v) is 19.3. The molecule has 0 aromatic heterocycles. The van der Waals surface area contributed by atoms with E-state index in [4.69, 9.17) is 9.47 Å². The van der Waals surface area contributed by atoms with Crippen LogP contribution in [0.1, 0.15) is 5.56 Å². The van der Waals surface area contributed by atoms with Gasteiger partial charge in [0.15, 0.2) is 0 Å². The summed E-state index contributed by atoms with van der Waals surface area (Å²) in [7, 11) is -2.51. The van der Waals surface area contributed by atoms with Crippen LogP contribution in [0.2, 0.25) is 0 Å². The van der Waals surface area contributed by atoms with E-state index >= 15 is 0 Å². The van der Waals surface area contributed by atoms with E-state index in [-0.39, 0.29) is 4.90 Å². The van der Waals surface area contributed by atoms with Crippen LogP contribution in [0.25, 0.3) is 0 Å². The van der Waals surface area contributed by atoms with Crippen LogP contribution < -0.4 is 19.1 Å². The van der Waals surface area contributed by atoms with Crippen molar-refractivity contribution in [1.82, 2.24) is 0 Å². The van der Waals surface area contributed by atoms with Gasteiger partial charge in [-0.3, -0.25) is 9.10 Å². The summed E-state index contributed by atoms with van der Waals surface area (Å²) in [5.41, 5.74) is 1.55. The minimum absolute atomic E-state index is 0.0669. The summed E-state index contributed by atoms with van der Waals surface area (Å²) >= 11 is 0. The molecule has 8 heteroatoms. The molecule has 0 spiro atoms. The molecular weight excluding hydrogens is 440 g/mol. The molecule has 3 aromatic carbocycles. The van der Waals surface area contributed by atoms with E-state index in [1.807, 2.05) is 0 Å². The van der Waals surface area contributed by atoms with Crippen LogP contribution in [0, 0.1) is 6.92 Å². The number of ether oxygens (including phenoxy) is 2. The summed E-state index contributed by atoms with van der Waals surface area (Å²) in [4.78, 5) is 12.9. The lowest BCUT2D eigenvalue weighted by Crippen LogP contribution is -2.38. The number of carbonyl (C=O) groups excluding carboxylic acids is 1. The molecule has 1 N–H and O–H groups in total. The molecule has 0 saturated carbocycles. The number of benzene rings is 3. The number of carbonyl (C=O) groups is 1. The van der Waals surface area contributed by atoms with E-state index in [1.165, 1.54) is 19.2 Å². The first-order valence-electron chi connectivity index (χ1n) is 10.2. The fourth-order valence-electron chi connectivity index (χ4n) is 3.20. The molecule has 0 aliphatic rings. The highest BCUT2D eigenvalue weighted by molar-refractivity contribution is 7.92. The SMILES string of the molecule is C=CCOc1cccc(NC(=O)CN(c2ccccc2)S(=O)(=O)c2ccc(OC)c(C)c2)c1. The van der Waals surface area contributed by atoms with Crippen molar-refractivity contribution in [1.29, 1.82) is 0 Å². The number of nitrogens with one attached hydrogen (secondary N) is 1. The van der Waals surface area contributed by atoms with Crippen molar-refractivity contribution in [2.45, 2.75) is 11.8 Å². The maximum Gasteiger partial charge on any atom is 0.264 e. The van der Waals surface area contributed by atoms with Crippen LogP contribution in [0.15, 0.2) is 90.3 Å². The van der Waals surface area contributed by atoms with Crippen molar-refractivity contribution < 1.29 is 22.7 Å². The Hall–Kier alpha value is -3.78. The topological polar surface area (TPSA) is 84.9 Å². The van der Waals surface area contributed by atoms with Gasteiger partial charge in [0.1, 0.15) is 24.7 Å². The highest BCUT2D eigenvalue weighted by Gasteiger charge is 2.27. The first-order chi connectivity index (χ1) is 15.8. The first-order valence-corrected chi connectivity index (χ1v) is 11.6. The molecule has 0 atom stereocenters. The Balaban J connectivity index is 1.88. The monoisotopic (exact) mass is 466 g/mol. The number of amides is 1. The van der Waals surface area contributed by atoms with Crippen LogP contribution in [0.4, 0.5) is 11.4 Å². The van der Waals surface area contributed by atoms with Crippen LogP contribution in [-0.2, 0) is 14.8 Å². The van der Waals surface area contributed by atoms with Crippen molar-refractivity contribution >= 4 is 27.3 Å². The predicted molar refractivity (Wildman–Crippen MR) is 129 cm³/mol. The van der Waals surface area contributed by atoms with Crippen LogP contribution in [-0.4, -0.2) is 34.6 Å². The van der Waals surface area contributed by atoms with Gasteiger partial charge in [-0.1, -0.05) is 36.9 Å². The highest BCUT2D eigenvalue weighted by atomic mass is 32.2. The normalized spacial score (nSPS) is 10.8. The molecule has 0 bridgehead atoms.